The zero-order valence-corrected chi connectivity index (χ0v) is 16.0. The van der Waals surface area contributed by atoms with Crippen LogP contribution in [0.1, 0.15) is 19.4 Å². The topological polar surface area (TPSA) is 139 Å². The lowest BCUT2D eigenvalue weighted by atomic mass is 9.95. The fourth-order valence-electron chi connectivity index (χ4n) is 3.78. The van der Waals surface area contributed by atoms with E-state index in [-0.39, 0.29) is 0 Å². The number of aliphatic hydroxyl groups is 4. The average molecular weight is 408 g/mol. The summed E-state index contributed by atoms with van der Waals surface area (Å²) in [6, 6.07) is 6.63. The molecular weight excluding hydrogens is 384 g/mol. The van der Waals surface area contributed by atoms with E-state index in [0.717, 1.165) is 10.9 Å². The molecule has 4 rings (SSSR count). The molecule has 158 valence electrons. The van der Waals surface area contributed by atoms with Crippen molar-refractivity contribution in [2.24, 2.45) is 0 Å². The molecule has 1 aromatic carbocycles. The Morgan fingerprint density at radius 2 is 1.83 bits per heavy atom. The fraction of sp³-hybridized carbons (Fsp3) is 0.550. The van der Waals surface area contributed by atoms with Gasteiger partial charge in [0.25, 0.3) is 0 Å². The van der Waals surface area contributed by atoms with Crippen LogP contribution in [0.25, 0.3) is 11.0 Å². The van der Waals surface area contributed by atoms with Crippen LogP contribution in [0.3, 0.4) is 0 Å². The van der Waals surface area contributed by atoms with Crippen LogP contribution in [0, 0.1) is 0 Å². The van der Waals surface area contributed by atoms with Crippen molar-refractivity contribution >= 4 is 11.0 Å². The van der Waals surface area contributed by atoms with Gasteiger partial charge in [0.15, 0.2) is 6.29 Å². The van der Waals surface area contributed by atoms with Crippen molar-refractivity contribution in [1.29, 1.82) is 0 Å². The number of fused-ring (bicyclic) bond motifs is 3. The number of rotatable bonds is 4. The van der Waals surface area contributed by atoms with Crippen LogP contribution in [0.4, 0.5) is 0 Å². The lowest BCUT2D eigenvalue weighted by molar-refractivity contribution is -0.329. The number of benzene rings is 1. The maximum atomic E-state index is 11.6. The molecule has 2 aliphatic rings. The van der Waals surface area contributed by atoms with Crippen LogP contribution in [-0.4, -0.2) is 69.4 Å². The molecule has 0 bridgehead atoms. The van der Waals surface area contributed by atoms with Crippen molar-refractivity contribution < 1.29 is 39.1 Å². The molecule has 2 aromatic rings. The maximum Gasteiger partial charge on any atom is 0.336 e. The molecule has 2 aliphatic heterocycles. The molecule has 4 N–H and O–H groups in total. The number of ether oxygens (including phenoxy) is 3. The summed E-state index contributed by atoms with van der Waals surface area (Å²) in [5, 5.41) is 40.2. The summed E-state index contributed by atoms with van der Waals surface area (Å²) in [6.07, 6.45) is -6.93. The molecule has 0 radical (unpaired) electrons. The Kier molecular flexibility index (Phi) is 5.14. The summed E-state index contributed by atoms with van der Waals surface area (Å²) in [4.78, 5) is 11.6. The maximum absolute atomic E-state index is 11.6. The van der Waals surface area contributed by atoms with Crippen molar-refractivity contribution in [3.63, 3.8) is 0 Å². The van der Waals surface area contributed by atoms with Crippen LogP contribution >= 0.6 is 0 Å². The van der Waals surface area contributed by atoms with Gasteiger partial charge in [0.2, 0.25) is 0 Å². The molecule has 9 heteroatoms. The summed E-state index contributed by atoms with van der Waals surface area (Å²) in [5.74, 6) is 0.572. The number of aliphatic hydroxyl groups excluding tert-OH is 4. The third-order valence-corrected chi connectivity index (χ3v) is 5.55. The summed E-state index contributed by atoms with van der Waals surface area (Å²) in [6.45, 7) is 2.94. The minimum absolute atomic E-state index is 0.393. The van der Waals surface area contributed by atoms with Crippen molar-refractivity contribution in [2.75, 3.05) is 6.61 Å². The Hall–Kier alpha value is -2.01. The molecule has 3 heterocycles. The van der Waals surface area contributed by atoms with Crippen molar-refractivity contribution in [1.82, 2.24) is 0 Å². The zero-order valence-electron chi connectivity index (χ0n) is 16.0. The monoisotopic (exact) mass is 408 g/mol. The van der Waals surface area contributed by atoms with Gasteiger partial charge in [-0.25, -0.2) is 4.79 Å². The lowest BCUT2D eigenvalue weighted by Crippen LogP contribution is -2.61. The second-order valence-electron chi connectivity index (χ2n) is 7.94. The third kappa shape index (κ3) is 3.54. The fourth-order valence-corrected chi connectivity index (χ4v) is 3.78. The van der Waals surface area contributed by atoms with E-state index in [1.165, 1.54) is 6.07 Å². The smallest absolute Gasteiger partial charge is 0.336 e. The quantitative estimate of drug-likeness (QED) is 0.502. The molecular formula is C20H24O9. The third-order valence-electron chi connectivity index (χ3n) is 5.55. The van der Waals surface area contributed by atoms with E-state index >= 15 is 0 Å². The Labute approximate surface area is 166 Å². The van der Waals surface area contributed by atoms with E-state index < -0.39 is 54.6 Å². The van der Waals surface area contributed by atoms with E-state index in [1.54, 1.807) is 32.0 Å². The van der Waals surface area contributed by atoms with Gasteiger partial charge < -0.3 is 39.1 Å². The van der Waals surface area contributed by atoms with Crippen LogP contribution in [-0.2, 0) is 15.9 Å². The van der Waals surface area contributed by atoms with E-state index in [2.05, 4.69) is 0 Å². The summed E-state index contributed by atoms with van der Waals surface area (Å²) >= 11 is 0. The molecule has 0 amide bonds. The Morgan fingerprint density at radius 3 is 2.55 bits per heavy atom. The molecule has 0 saturated carbocycles. The second kappa shape index (κ2) is 7.35. The van der Waals surface area contributed by atoms with Gasteiger partial charge in [-0.15, -0.1) is 0 Å². The van der Waals surface area contributed by atoms with Gasteiger partial charge in [0.1, 0.15) is 47.5 Å². The van der Waals surface area contributed by atoms with Crippen LogP contribution in [0.15, 0.2) is 33.5 Å². The van der Waals surface area contributed by atoms with Gasteiger partial charge in [-0.2, -0.15) is 0 Å². The molecule has 29 heavy (non-hydrogen) atoms. The normalized spacial score (nSPS) is 32.2. The number of hydrogen-bond donors (Lipinski definition) is 4. The average Bonchev–Trinajstić information content (AvgIpc) is 3.14. The first-order valence-electron chi connectivity index (χ1n) is 9.42. The Morgan fingerprint density at radius 1 is 1.10 bits per heavy atom. The van der Waals surface area contributed by atoms with E-state index in [4.69, 9.17) is 18.6 Å². The molecule has 1 aromatic heterocycles. The van der Waals surface area contributed by atoms with Crippen LogP contribution < -0.4 is 10.4 Å². The summed E-state index contributed by atoms with van der Waals surface area (Å²) < 4.78 is 22.7. The van der Waals surface area contributed by atoms with Gasteiger partial charge >= 0.3 is 5.63 Å². The summed E-state index contributed by atoms with van der Waals surface area (Å²) in [7, 11) is 0. The molecule has 9 nitrogen and oxygen atoms in total. The summed E-state index contributed by atoms with van der Waals surface area (Å²) in [5.41, 5.74) is -0.239. The molecule has 0 aliphatic carbocycles. The SMILES string of the molecule is CC(C)(O[C@@H]1O[C@H](CO)[C@@H](O)[C@H](O)[C@@H]1O)[C@@H]1Cc2c(ccc3ccc(=O)oc23)O1. The number of hydrogen-bond acceptors (Lipinski definition) is 9. The first kappa shape index (κ1) is 20.3. The first-order valence-corrected chi connectivity index (χ1v) is 9.42. The molecule has 0 unspecified atom stereocenters. The highest BCUT2D eigenvalue weighted by Crippen LogP contribution is 2.39. The molecule has 6 atom stereocenters. The molecule has 1 saturated heterocycles. The van der Waals surface area contributed by atoms with Crippen LogP contribution in [0.5, 0.6) is 5.75 Å². The van der Waals surface area contributed by atoms with E-state index in [0.29, 0.717) is 17.8 Å². The molecule has 0 spiro atoms. The highest BCUT2D eigenvalue weighted by Gasteiger charge is 2.48. The lowest BCUT2D eigenvalue weighted by Gasteiger charge is -2.43. The minimum Gasteiger partial charge on any atom is -0.487 e. The van der Waals surface area contributed by atoms with Gasteiger partial charge in [0.05, 0.1) is 6.61 Å². The van der Waals surface area contributed by atoms with Crippen LogP contribution in [0.2, 0.25) is 0 Å². The highest BCUT2D eigenvalue weighted by molar-refractivity contribution is 5.82. The van der Waals surface area contributed by atoms with Crippen molar-refractivity contribution in [3.05, 3.63) is 40.2 Å². The standard InChI is InChI=1S/C20H24O9/c1-20(2,29-19-17(25)16(24)15(23)12(8-21)27-19)13-7-10-11(26-13)5-3-9-4-6-14(22)28-18(9)10/h3-6,12-13,15-17,19,21,23-25H,7-8H2,1-2H3/t12-,13+,15-,16+,17+,19+/m1/s1. The predicted octanol–water partition coefficient (Wildman–Crippen LogP) is -0.308. The minimum atomic E-state index is -1.53. The largest absolute Gasteiger partial charge is 0.487 e. The van der Waals surface area contributed by atoms with Gasteiger partial charge in [-0.05, 0) is 32.0 Å². The van der Waals surface area contributed by atoms with E-state index in [1.807, 2.05) is 0 Å². The Bertz CT molecular complexity index is 951. The second-order valence-corrected chi connectivity index (χ2v) is 7.94. The van der Waals surface area contributed by atoms with Crippen molar-refractivity contribution in [3.8, 4) is 5.75 Å². The van der Waals surface area contributed by atoms with Gasteiger partial charge in [0, 0.05) is 23.4 Å². The zero-order chi connectivity index (χ0) is 20.9. The van der Waals surface area contributed by atoms with Gasteiger partial charge in [-0.1, -0.05) is 0 Å². The van der Waals surface area contributed by atoms with Gasteiger partial charge in [-0.3, -0.25) is 0 Å². The molecule has 1 fully saturated rings. The Balaban J connectivity index is 1.55. The first-order chi connectivity index (χ1) is 13.7. The predicted molar refractivity (Wildman–Crippen MR) is 99.5 cm³/mol. The highest BCUT2D eigenvalue weighted by atomic mass is 16.7. The van der Waals surface area contributed by atoms with E-state index in [9.17, 15) is 25.2 Å². The van der Waals surface area contributed by atoms with Crippen molar-refractivity contribution in [2.45, 2.75) is 62.7 Å².